The number of benzene rings is 1. The Hall–Kier alpha value is -1.48. The smallest absolute Gasteiger partial charge is 0.252 e. The van der Waals surface area contributed by atoms with Crippen molar-refractivity contribution in [1.29, 1.82) is 0 Å². The summed E-state index contributed by atoms with van der Waals surface area (Å²) in [6.45, 7) is 3.99. The predicted molar refractivity (Wildman–Crippen MR) is 73.6 cm³/mol. The molecule has 1 aromatic carbocycles. The van der Waals surface area contributed by atoms with Gasteiger partial charge in [-0.2, -0.15) is 9.32 Å². The summed E-state index contributed by atoms with van der Waals surface area (Å²) in [4.78, 5) is 9.10. The molecule has 0 aliphatic heterocycles. The molecular formula is C13H15FN2O4S. The van der Waals surface area contributed by atoms with Crippen LogP contribution >= 0.6 is 12.0 Å². The maximum absolute atomic E-state index is 14.0. The molecule has 0 radical (unpaired) electrons. The molecule has 21 heavy (non-hydrogen) atoms. The summed E-state index contributed by atoms with van der Waals surface area (Å²) in [5, 5.41) is 3.75. The molecule has 8 heteroatoms. The largest absolute Gasteiger partial charge is 0.369 e. The second-order valence-corrected chi connectivity index (χ2v) is 5.11. The van der Waals surface area contributed by atoms with Gasteiger partial charge < -0.3 is 9.26 Å². The third-order valence-electron chi connectivity index (χ3n) is 2.39. The lowest BCUT2D eigenvalue weighted by Crippen LogP contribution is -2.02. The zero-order chi connectivity index (χ0) is 15.2. The normalized spacial score (nSPS) is 11.3. The van der Waals surface area contributed by atoms with Crippen LogP contribution in [0.25, 0.3) is 11.4 Å². The highest BCUT2D eigenvalue weighted by Crippen LogP contribution is 2.26. The molecule has 0 N–H and O–H groups in total. The molecule has 0 saturated heterocycles. The van der Waals surface area contributed by atoms with Gasteiger partial charge in [-0.25, -0.2) is 9.28 Å². The molecular weight excluding hydrogens is 299 g/mol. The molecule has 0 saturated carbocycles. The molecule has 0 atom stereocenters. The summed E-state index contributed by atoms with van der Waals surface area (Å²) in [5.41, 5.74) is 0.247. The van der Waals surface area contributed by atoms with Crippen molar-refractivity contribution in [2.75, 3.05) is 7.11 Å². The van der Waals surface area contributed by atoms with E-state index in [9.17, 15) is 4.39 Å². The molecule has 114 valence electrons. The number of nitrogens with zero attached hydrogens (tertiary/aromatic N) is 2. The number of hydrogen-bond donors (Lipinski definition) is 0. The Kier molecular flexibility index (Phi) is 5.68. The number of rotatable bonds is 7. The van der Waals surface area contributed by atoms with Crippen LogP contribution in [0.2, 0.25) is 0 Å². The van der Waals surface area contributed by atoms with Crippen LogP contribution < -0.4 is 0 Å². The monoisotopic (exact) mass is 314 g/mol. The van der Waals surface area contributed by atoms with Gasteiger partial charge in [-0.05, 0) is 32.0 Å². The lowest BCUT2D eigenvalue weighted by molar-refractivity contribution is -0.160. The van der Waals surface area contributed by atoms with E-state index < -0.39 is 5.82 Å². The van der Waals surface area contributed by atoms with Crippen molar-refractivity contribution in [3.63, 3.8) is 0 Å². The average Bonchev–Trinajstić information content (AvgIpc) is 2.91. The van der Waals surface area contributed by atoms with Crippen LogP contribution in [0.5, 0.6) is 0 Å². The van der Waals surface area contributed by atoms with Crippen LogP contribution in [-0.2, 0) is 20.6 Å². The van der Waals surface area contributed by atoms with Crippen LogP contribution in [0.15, 0.2) is 27.6 Å². The second-order valence-electron chi connectivity index (χ2n) is 4.33. The second kappa shape index (κ2) is 7.51. The maximum Gasteiger partial charge on any atom is 0.252 e. The predicted octanol–water partition coefficient (Wildman–Crippen LogP) is 3.39. The quantitative estimate of drug-likeness (QED) is 0.441. The van der Waals surface area contributed by atoms with Gasteiger partial charge in [0.15, 0.2) is 0 Å². The van der Waals surface area contributed by atoms with Gasteiger partial charge in [0.1, 0.15) is 12.4 Å². The highest BCUT2D eigenvalue weighted by atomic mass is 32.2. The Balaban J connectivity index is 2.11. The van der Waals surface area contributed by atoms with Crippen molar-refractivity contribution >= 4 is 12.0 Å². The minimum atomic E-state index is -0.475. The van der Waals surface area contributed by atoms with E-state index in [1.807, 2.05) is 13.8 Å². The number of halogens is 1. The fourth-order valence-corrected chi connectivity index (χ4v) is 1.88. The van der Waals surface area contributed by atoms with Crippen LogP contribution in [0.3, 0.4) is 0 Å². The van der Waals surface area contributed by atoms with E-state index in [4.69, 9.17) is 9.26 Å². The van der Waals surface area contributed by atoms with Crippen molar-refractivity contribution in [3.05, 3.63) is 29.9 Å². The first kappa shape index (κ1) is 15.9. The van der Waals surface area contributed by atoms with Crippen molar-refractivity contribution < 1.29 is 22.9 Å². The zero-order valence-electron chi connectivity index (χ0n) is 11.8. The Morgan fingerprint density at radius 2 is 2.19 bits per heavy atom. The minimum absolute atomic E-state index is 0.0502. The van der Waals surface area contributed by atoms with Gasteiger partial charge in [-0.1, -0.05) is 5.16 Å². The molecule has 0 fully saturated rings. The van der Waals surface area contributed by atoms with E-state index in [1.165, 1.54) is 13.2 Å². The van der Waals surface area contributed by atoms with Gasteiger partial charge in [0, 0.05) is 4.90 Å². The minimum Gasteiger partial charge on any atom is -0.369 e. The van der Waals surface area contributed by atoms with Gasteiger partial charge in [0.05, 0.1) is 30.8 Å². The van der Waals surface area contributed by atoms with Crippen LogP contribution in [0, 0.1) is 5.82 Å². The molecule has 0 bridgehead atoms. The molecule has 1 aromatic heterocycles. The highest BCUT2D eigenvalue weighted by molar-refractivity contribution is 7.94. The fraction of sp³-hybridized carbons (Fsp3) is 0.385. The van der Waals surface area contributed by atoms with E-state index in [-0.39, 0.29) is 24.1 Å². The van der Waals surface area contributed by atoms with Crippen LogP contribution in [0.4, 0.5) is 4.39 Å². The summed E-state index contributed by atoms with van der Waals surface area (Å²) in [7, 11) is 1.37. The number of hydrogen-bond acceptors (Lipinski definition) is 7. The molecule has 2 rings (SSSR count). The Morgan fingerprint density at radius 3 is 2.86 bits per heavy atom. The Bertz CT molecular complexity index is 591. The van der Waals surface area contributed by atoms with Crippen LogP contribution in [0.1, 0.15) is 19.7 Å². The summed E-state index contributed by atoms with van der Waals surface area (Å²) in [6, 6.07) is 4.52. The highest BCUT2D eigenvalue weighted by Gasteiger charge is 2.14. The van der Waals surface area contributed by atoms with Crippen molar-refractivity contribution in [2.45, 2.75) is 31.5 Å². The topological polar surface area (TPSA) is 66.6 Å². The molecule has 2 aromatic rings. The lowest BCUT2D eigenvalue weighted by atomic mass is 10.2. The average molecular weight is 314 g/mol. The van der Waals surface area contributed by atoms with Crippen LogP contribution in [-0.4, -0.2) is 23.4 Å². The first-order chi connectivity index (χ1) is 10.1. The third-order valence-corrected chi connectivity index (χ3v) is 3.04. The molecule has 0 amide bonds. The van der Waals surface area contributed by atoms with Crippen molar-refractivity contribution in [1.82, 2.24) is 10.1 Å². The lowest BCUT2D eigenvalue weighted by Gasteiger charge is -2.02. The molecule has 0 unspecified atom stereocenters. The van der Waals surface area contributed by atoms with E-state index in [0.717, 1.165) is 12.0 Å². The summed E-state index contributed by atoms with van der Waals surface area (Å²) >= 11 is 0.909. The van der Waals surface area contributed by atoms with Gasteiger partial charge in [0.2, 0.25) is 5.82 Å². The Labute approximate surface area is 125 Å². The summed E-state index contributed by atoms with van der Waals surface area (Å²) in [6.07, 6.45) is 0.0502. The SMILES string of the molecule is COOSc1ccc(-c2noc(COC(C)C)n2)c(F)c1. The summed E-state index contributed by atoms with van der Waals surface area (Å²) < 4.78 is 29.0. The van der Waals surface area contributed by atoms with Gasteiger partial charge in [-0.3, -0.25) is 0 Å². The molecule has 0 spiro atoms. The number of ether oxygens (including phenoxy) is 1. The molecule has 6 nitrogen and oxygen atoms in total. The first-order valence-corrected chi connectivity index (χ1v) is 6.95. The maximum atomic E-state index is 14.0. The number of aromatic nitrogens is 2. The third kappa shape index (κ3) is 4.50. The molecule has 0 aliphatic rings. The molecule has 1 heterocycles. The Morgan fingerprint density at radius 1 is 1.38 bits per heavy atom. The van der Waals surface area contributed by atoms with Crippen molar-refractivity contribution in [2.24, 2.45) is 0 Å². The molecule has 0 aliphatic carbocycles. The van der Waals surface area contributed by atoms with Gasteiger partial charge in [0.25, 0.3) is 5.89 Å². The van der Waals surface area contributed by atoms with E-state index in [2.05, 4.69) is 19.4 Å². The first-order valence-electron chi connectivity index (χ1n) is 6.21. The van der Waals surface area contributed by atoms with Gasteiger partial charge in [-0.15, -0.1) is 0 Å². The summed E-state index contributed by atoms with van der Waals surface area (Å²) in [5.74, 6) is 0.00941. The standard InChI is InChI=1S/C13H15FN2O4S/c1-8(2)18-7-12-15-13(16-19-12)10-5-4-9(6-11(10)14)21-20-17-3/h4-6,8H,7H2,1-3H3. The van der Waals surface area contributed by atoms with E-state index >= 15 is 0 Å². The van der Waals surface area contributed by atoms with E-state index in [1.54, 1.807) is 12.1 Å². The zero-order valence-corrected chi connectivity index (χ0v) is 12.6. The van der Waals surface area contributed by atoms with Crippen molar-refractivity contribution in [3.8, 4) is 11.4 Å². The van der Waals surface area contributed by atoms with E-state index in [0.29, 0.717) is 10.8 Å². The van der Waals surface area contributed by atoms with Gasteiger partial charge >= 0.3 is 0 Å². The fourth-order valence-electron chi connectivity index (χ4n) is 1.46.